The Morgan fingerprint density at radius 1 is 1.31 bits per heavy atom. The largest absolute Gasteiger partial charge is 0.328 e. The van der Waals surface area contributed by atoms with Crippen LogP contribution in [0.25, 0.3) is 0 Å². The lowest BCUT2D eigenvalue weighted by atomic mass is 9.85. The van der Waals surface area contributed by atoms with Crippen LogP contribution in [-0.2, 0) is 11.0 Å². The lowest BCUT2D eigenvalue weighted by Gasteiger charge is -2.38. The molecule has 1 atom stereocenters. The van der Waals surface area contributed by atoms with Gasteiger partial charge in [-0.05, 0) is 12.8 Å². The van der Waals surface area contributed by atoms with Gasteiger partial charge in [-0.25, -0.2) is 4.98 Å². The van der Waals surface area contributed by atoms with Crippen molar-refractivity contribution in [3.63, 3.8) is 0 Å². The molecule has 1 aromatic rings. The van der Waals surface area contributed by atoms with Gasteiger partial charge in [-0.2, -0.15) is 0 Å². The first-order valence-corrected chi connectivity index (χ1v) is 5.97. The van der Waals surface area contributed by atoms with Crippen molar-refractivity contribution in [2.45, 2.75) is 52.5 Å². The maximum absolute atomic E-state index is 5.96. The van der Waals surface area contributed by atoms with Gasteiger partial charge in [0.1, 0.15) is 0 Å². The summed E-state index contributed by atoms with van der Waals surface area (Å²) in [5, 5.41) is 0. The molecule has 0 aliphatic rings. The van der Waals surface area contributed by atoms with E-state index in [1.54, 1.807) is 0 Å². The quantitative estimate of drug-likeness (QED) is 0.855. The fourth-order valence-corrected chi connectivity index (χ4v) is 1.87. The summed E-state index contributed by atoms with van der Waals surface area (Å²) in [7, 11) is 0. The Labute approximate surface area is 99.1 Å². The molecule has 0 aliphatic carbocycles. The van der Waals surface area contributed by atoms with Gasteiger partial charge in [0.25, 0.3) is 0 Å². The SMILES string of the molecule is CC(C)C(C)(CN)n1cncc1C(C)(C)C. The van der Waals surface area contributed by atoms with Crippen molar-refractivity contribution in [2.75, 3.05) is 6.54 Å². The molecule has 0 saturated heterocycles. The van der Waals surface area contributed by atoms with Crippen molar-refractivity contribution < 1.29 is 0 Å². The summed E-state index contributed by atoms with van der Waals surface area (Å²) in [6, 6.07) is 0. The molecule has 3 nitrogen and oxygen atoms in total. The van der Waals surface area contributed by atoms with Gasteiger partial charge in [0.05, 0.1) is 11.9 Å². The Morgan fingerprint density at radius 3 is 2.25 bits per heavy atom. The first-order chi connectivity index (χ1) is 7.23. The highest BCUT2D eigenvalue weighted by Gasteiger charge is 2.33. The lowest BCUT2D eigenvalue weighted by molar-refractivity contribution is 0.217. The smallest absolute Gasteiger partial charge is 0.0954 e. The minimum Gasteiger partial charge on any atom is -0.328 e. The second kappa shape index (κ2) is 4.21. The zero-order valence-corrected chi connectivity index (χ0v) is 11.4. The highest BCUT2D eigenvalue weighted by molar-refractivity contribution is 5.14. The molecule has 0 radical (unpaired) electrons. The minimum absolute atomic E-state index is 0.0564. The monoisotopic (exact) mass is 223 g/mol. The second-order valence-corrected chi connectivity index (χ2v) is 6.11. The van der Waals surface area contributed by atoms with Crippen LogP contribution < -0.4 is 5.73 Å². The van der Waals surface area contributed by atoms with Gasteiger partial charge < -0.3 is 10.3 Å². The van der Waals surface area contributed by atoms with Gasteiger partial charge in [0.2, 0.25) is 0 Å². The van der Waals surface area contributed by atoms with Crippen LogP contribution in [0.4, 0.5) is 0 Å². The van der Waals surface area contributed by atoms with Crippen molar-refractivity contribution in [2.24, 2.45) is 11.7 Å². The molecule has 1 rings (SSSR count). The van der Waals surface area contributed by atoms with E-state index in [9.17, 15) is 0 Å². The van der Waals surface area contributed by atoms with E-state index in [4.69, 9.17) is 5.73 Å². The molecule has 3 heteroatoms. The van der Waals surface area contributed by atoms with Crippen LogP contribution >= 0.6 is 0 Å². The summed E-state index contributed by atoms with van der Waals surface area (Å²) >= 11 is 0. The third-order valence-electron chi connectivity index (χ3n) is 3.61. The Hall–Kier alpha value is -0.830. The standard InChI is InChI=1S/C13H25N3/c1-10(2)13(6,8-14)16-9-15-7-11(16)12(3,4)5/h7,9-10H,8,14H2,1-6H3. The summed E-state index contributed by atoms with van der Waals surface area (Å²) < 4.78 is 2.25. The summed E-state index contributed by atoms with van der Waals surface area (Å²) in [4.78, 5) is 4.29. The maximum Gasteiger partial charge on any atom is 0.0954 e. The van der Waals surface area contributed by atoms with Crippen LogP contribution in [0.1, 0.15) is 47.2 Å². The van der Waals surface area contributed by atoms with E-state index >= 15 is 0 Å². The zero-order chi connectivity index (χ0) is 12.6. The number of hydrogen-bond donors (Lipinski definition) is 1. The van der Waals surface area contributed by atoms with Crippen LogP contribution in [-0.4, -0.2) is 16.1 Å². The van der Waals surface area contributed by atoms with E-state index in [-0.39, 0.29) is 11.0 Å². The molecule has 1 heterocycles. The molecular formula is C13H25N3. The Balaban J connectivity index is 3.28. The minimum atomic E-state index is -0.0564. The molecule has 16 heavy (non-hydrogen) atoms. The van der Waals surface area contributed by atoms with Crippen LogP contribution in [0, 0.1) is 5.92 Å². The van der Waals surface area contributed by atoms with Gasteiger partial charge in [-0.1, -0.05) is 34.6 Å². The summed E-state index contributed by atoms with van der Waals surface area (Å²) in [6.45, 7) is 13.9. The molecule has 0 spiro atoms. The van der Waals surface area contributed by atoms with Crippen molar-refractivity contribution >= 4 is 0 Å². The van der Waals surface area contributed by atoms with Crippen LogP contribution in [0.5, 0.6) is 0 Å². The van der Waals surface area contributed by atoms with Gasteiger partial charge in [-0.15, -0.1) is 0 Å². The highest BCUT2D eigenvalue weighted by atomic mass is 15.1. The number of nitrogens with two attached hydrogens (primary N) is 1. The average Bonchev–Trinajstić information content (AvgIpc) is 2.64. The van der Waals surface area contributed by atoms with Crippen LogP contribution in [0.3, 0.4) is 0 Å². The molecule has 0 aromatic carbocycles. The number of hydrogen-bond acceptors (Lipinski definition) is 2. The molecule has 0 amide bonds. The van der Waals surface area contributed by atoms with E-state index in [0.717, 1.165) is 0 Å². The average molecular weight is 223 g/mol. The molecule has 0 saturated carbocycles. The van der Waals surface area contributed by atoms with Crippen LogP contribution in [0.2, 0.25) is 0 Å². The third-order valence-corrected chi connectivity index (χ3v) is 3.61. The molecular weight excluding hydrogens is 198 g/mol. The number of aromatic nitrogens is 2. The third kappa shape index (κ3) is 2.14. The van der Waals surface area contributed by atoms with Crippen molar-refractivity contribution in [1.82, 2.24) is 9.55 Å². The molecule has 1 aromatic heterocycles. The van der Waals surface area contributed by atoms with Crippen molar-refractivity contribution in [3.8, 4) is 0 Å². The molecule has 1 unspecified atom stereocenters. The van der Waals surface area contributed by atoms with Gasteiger partial charge >= 0.3 is 0 Å². The summed E-state index contributed by atoms with van der Waals surface area (Å²) in [5.74, 6) is 0.479. The van der Waals surface area contributed by atoms with Gasteiger partial charge in [0.15, 0.2) is 0 Å². The normalized spacial score (nSPS) is 16.5. The van der Waals surface area contributed by atoms with E-state index in [1.165, 1.54) is 5.69 Å². The van der Waals surface area contributed by atoms with E-state index in [0.29, 0.717) is 12.5 Å². The molecule has 0 bridgehead atoms. The highest BCUT2D eigenvalue weighted by Crippen LogP contribution is 2.31. The van der Waals surface area contributed by atoms with E-state index in [1.807, 2.05) is 12.5 Å². The fourth-order valence-electron chi connectivity index (χ4n) is 1.87. The summed E-state index contributed by atoms with van der Waals surface area (Å²) in [6.07, 6.45) is 3.86. The second-order valence-electron chi connectivity index (χ2n) is 6.11. The summed E-state index contributed by atoms with van der Waals surface area (Å²) in [5.41, 5.74) is 7.25. The number of rotatable bonds is 3. The van der Waals surface area contributed by atoms with Gasteiger partial charge in [-0.3, -0.25) is 0 Å². The van der Waals surface area contributed by atoms with Crippen molar-refractivity contribution in [3.05, 3.63) is 18.2 Å². The Morgan fingerprint density at radius 2 is 1.88 bits per heavy atom. The molecule has 92 valence electrons. The predicted molar refractivity (Wildman–Crippen MR) is 68.5 cm³/mol. The molecule has 0 fully saturated rings. The molecule has 2 N–H and O–H groups in total. The first kappa shape index (κ1) is 13.2. The molecule has 0 aliphatic heterocycles. The fraction of sp³-hybridized carbons (Fsp3) is 0.769. The Kier molecular flexibility index (Phi) is 3.48. The topological polar surface area (TPSA) is 43.8 Å². The van der Waals surface area contributed by atoms with Crippen LogP contribution in [0.15, 0.2) is 12.5 Å². The van der Waals surface area contributed by atoms with E-state index in [2.05, 4.69) is 51.1 Å². The first-order valence-electron chi connectivity index (χ1n) is 5.97. The lowest BCUT2D eigenvalue weighted by Crippen LogP contribution is -2.44. The number of imidazole rings is 1. The predicted octanol–water partition coefficient (Wildman–Crippen LogP) is 2.51. The Bertz CT molecular complexity index is 346. The van der Waals surface area contributed by atoms with Gasteiger partial charge in [0, 0.05) is 23.9 Å². The van der Waals surface area contributed by atoms with Crippen molar-refractivity contribution in [1.29, 1.82) is 0 Å². The zero-order valence-electron chi connectivity index (χ0n) is 11.4. The van der Waals surface area contributed by atoms with E-state index < -0.39 is 0 Å². The number of nitrogens with zero attached hydrogens (tertiary/aromatic N) is 2. The maximum atomic E-state index is 5.96.